The van der Waals surface area contributed by atoms with Gasteiger partial charge in [0.1, 0.15) is 0 Å². The van der Waals surface area contributed by atoms with Crippen molar-refractivity contribution in [3.63, 3.8) is 0 Å². The molecule has 0 spiro atoms. The van der Waals surface area contributed by atoms with E-state index in [0.29, 0.717) is 5.56 Å². The lowest BCUT2D eigenvalue weighted by Crippen LogP contribution is -2.11. The summed E-state index contributed by atoms with van der Waals surface area (Å²) in [7, 11) is 0. The van der Waals surface area contributed by atoms with Crippen LogP contribution in [0.2, 0.25) is 5.02 Å². The van der Waals surface area contributed by atoms with Crippen LogP contribution in [-0.4, -0.2) is 10.5 Å². The summed E-state index contributed by atoms with van der Waals surface area (Å²) in [5.41, 5.74) is 8.17. The Balaban J connectivity index is 2.16. The third-order valence-corrected chi connectivity index (χ3v) is 4.57. The van der Waals surface area contributed by atoms with E-state index in [2.05, 4.69) is 4.57 Å². The summed E-state index contributed by atoms with van der Waals surface area (Å²) in [5, 5.41) is 2.65. The van der Waals surface area contributed by atoms with Gasteiger partial charge < -0.3 is 10.3 Å². The van der Waals surface area contributed by atoms with Crippen molar-refractivity contribution in [1.82, 2.24) is 4.57 Å². The van der Waals surface area contributed by atoms with Gasteiger partial charge in [-0.2, -0.15) is 0 Å². The molecule has 0 aliphatic heterocycles. The molecule has 0 radical (unpaired) electrons. The van der Waals surface area contributed by atoms with Crippen molar-refractivity contribution in [2.75, 3.05) is 0 Å². The molecule has 0 bridgehead atoms. The average molecular weight is 299 g/mol. The molecule has 1 fully saturated rings. The molecular weight excluding hydrogens is 284 g/mol. The molecular formula is C17H15ClN2O. The van der Waals surface area contributed by atoms with Gasteiger partial charge >= 0.3 is 0 Å². The Kier molecular flexibility index (Phi) is 2.73. The zero-order valence-corrected chi connectivity index (χ0v) is 12.2. The highest BCUT2D eigenvalue weighted by molar-refractivity contribution is 6.36. The summed E-state index contributed by atoms with van der Waals surface area (Å²) in [5.74, 6) is 0.323. The van der Waals surface area contributed by atoms with Crippen molar-refractivity contribution in [3.05, 3.63) is 47.0 Å². The van der Waals surface area contributed by atoms with Crippen molar-refractivity contribution in [1.29, 1.82) is 0 Å². The van der Waals surface area contributed by atoms with Crippen molar-refractivity contribution >= 4 is 39.3 Å². The van der Waals surface area contributed by atoms with E-state index in [9.17, 15) is 4.79 Å². The Labute approximate surface area is 127 Å². The van der Waals surface area contributed by atoms with E-state index in [1.807, 2.05) is 30.3 Å². The quantitative estimate of drug-likeness (QED) is 0.782. The van der Waals surface area contributed by atoms with Crippen molar-refractivity contribution < 1.29 is 4.79 Å². The molecule has 1 aliphatic carbocycles. The summed E-state index contributed by atoms with van der Waals surface area (Å²) < 4.78 is 2.25. The minimum Gasteiger partial charge on any atom is -0.366 e. The Morgan fingerprint density at radius 1 is 1.24 bits per heavy atom. The van der Waals surface area contributed by atoms with E-state index < -0.39 is 5.91 Å². The van der Waals surface area contributed by atoms with Gasteiger partial charge in [0.25, 0.3) is 0 Å². The number of nitrogens with zero attached hydrogens (tertiary/aromatic N) is 1. The number of halogens is 1. The van der Waals surface area contributed by atoms with Gasteiger partial charge in [0, 0.05) is 28.4 Å². The largest absolute Gasteiger partial charge is 0.366 e. The predicted molar refractivity (Wildman–Crippen MR) is 85.7 cm³/mol. The SMILES string of the molecule is NC(=O)c1cccc2c1c1cccc(Cl)c1n2CC1CC1. The highest BCUT2D eigenvalue weighted by Crippen LogP contribution is 2.39. The van der Waals surface area contributed by atoms with Gasteiger partial charge in [0.15, 0.2) is 0 Å². The lowest BCUT2D eigenvalue weighted by atomic mass is 10.1. The van der Waals surface area contributed by atoms with Crippen LogP contribution in [0.25, 0.3) is 21.8 Å². The van der Waals surface area contributed by atoms with Gasteiger partial charge in [0.05, 0.1) is 10.5 Å². The van der Waals surface area contributed by atoms with Crippen LogP contribution in [0.1, 0.15) is 23.2 Å². The molecule has 4 heteroatoms. The second-order valence-corrected chi connectivity index (χ2v) is 6.16. The van der Waals surface area contributed by atoms with Gasteiger partial charge in [0.2, 0.25) is 5.91 Å². The molecule has 0 saturated heterocycles. The third-order valence-electron chi connectivity index (χ3n) is 4.26. The summed E-state index contributed by atoms with van der Waals surface area (Å²) >= 11 is 6.43. The van der Waals surface area contributed by atoms with Crippen LogP contribution in [0.5, 0.6) is 0 Å². The Hall–Kier alpha value is -2.00. The second-order valence-electron chi connectivity index (χ2n) is 5.75. The number of amides is 1. The van der Waals surface area contributed by atoms with Crippen LogP contribution in [0.3, 0.4) is 0 Å². The summed E-state index contributed by atoms with van der Waals surface area (Å²) in [4.78, 5) is 11.8. The van der Waals surface area contributed by atoms with Crippen LogP contribution in [0, 0.1) is 5.92 Å². The molecule has 21 heavy (non-hydrogen) atoms. The summed E-state index contributed by atoms with van der Waals surface area (Å²) in [6.45, 7) is 0.950. The number of para-hydroxylation sites is 1. The van der Waals surface area contributed by atoms with Crippen LogP contribution < -0.4 is 5.73 Å². The maximum atomic E-state index is 11.8. The summed E-state index contributed by atoms with van der Waals surface area (Å²) in [6, 6.07) is 11.5. The average Bonchev–Trinajstić information content (AvgIpc) is 3.22. The van der Waals surface area contributed by atoms with E-state index in [1.165, 1.54) is 12.8 Å². The first-order valence-corrected chi connectivity index (χ1v) is 7.54. The first-order chi connectivity index (χ1) is 10.2. The predicted octanol–water partition coefficient (Wildman–Crippen LogP) is 3.96. The molecule has 4 rings (SSSR count). The first-order valence-electron chi connectivity index (χ1n) is 7.16. The maximum Gasteiger partial charge on any atom is 0.249 e. The number of carbonyl (C=O) groups is 1. The number of rotatable bonds is 3. The zero-order valence-electron chi connectivity index (χ0n) is 11.5. The smallest absolute Gasteiger partial charge is 0.249 e. The maximum absolute atomic E-state index is 11.8. The lowest BCUT2D eigenvalue weighted by Gasteiger charge is -2.07. The number of benzene rings is 2. The van der Waals surface area contributed by atoms with Crippen molar-refractivity contribution in [2.24, 2.45) is 11.7 Å². The van der Waals surface area contributed by atoms with Crippen LogP contribution in [0.4, 0.5) is 0 Å². The van der Waals surface area contributed by atoms with Gasteiger partial charge in [-0.05, 0) is 37.0 Å². The molecule has 2 N–H and O–H groups in total. The van der Waals surface area contributed by atoms with Crippen LogP contribution in [-0.2, 0) is 6.54 Å². The molecule has 0 unspecified atom stereocenters. The normalized spacial score (nSPS) is 14.9. The highest BCUT2D eigenvalue weighted by atomic mass is 35.5. The van der Waals surface area contributed by atoms with Gasteiger partial charge in [-0.1, -0.05) is 29.8 Å². The number of primary amides is 1. The Morgan fingerprint density at radius 2 is 2.00 bits per heavy atom. The van der Waals surface area contributed by atoms with E-state index in [-0.39, 0.29) is 0 Å². The van der Waals surface area contributed by atoms with Gasteiger partial charge in [-0.3, -0.25) is 4.79 Å². The Morgan fingerprint density at radius 3 is 2.71 bits per heavy atom. The third kappa shape index (κ3) is 1.92. The molecule has 3 aromatic rings. The fourth-order valence-electron chi connectivity index (χ4n) is 3.11. The number of hydrogen-bond acceptors (Lipinski definition) is 1. The molecule has 1 saturated carbocycles. The monoisotopic (exact) mass is 298 g/mol. The van der Waals surface area contributed by atoms with Gasteiger partial charge in [-0.15, -0.1) is 0 Å². The molecule has 1 heterocycles. The summed E-state index contributed by atoms with van der Waals surface area (Å²) in [6.07, 6.45) is 2.53. The number of hydrogen-bond donors (Lipinski definition) is 1. The minimum atomic E-state index is -0.397. The molecule has 0 atom stereocenters. The molecule has 106 valence electrons. The number of nitrogens with two attached hydrogens (primary N) is 1. The van der Waals surface area contributed by atoms with Crippen molar-refractivity contribution in [3.8, 4) is 0 Å². The first kappa shape index (κ1) is 12.7. The lowest BCUT2D eigenvalue weighted by molar-refractivity contribution is 0.100. The zero-order chi connectivity index (χ0) is 14.6. The topological polar surface area (TPSA) is 48.0 Å². The number of aromatic nitrogens is 1. The molecule has 2 aromatic carbocycles. The number of fused-ring (bicyclic) bond motifs is 3. The second kappa shape index (κ2) is 4.50. The van der Waals surface area contributed by atoms with Gasteiger partial charge in [-0.25, -0.2) is 0 Å². The molecule has 1 aromatic heterocycles. The fourth-order valence-corrected chi connectivity index (χ4v) is 3.39. The van der Waals surface area contributed by atoms with Crippen LogP contribution in [0.15, 0.2) is 36.4 Å². The van der Waals surface area contributed by atoms with Crippen molar-refractivity contribution in [2.45, 2.75) is 19.4 Å². The Bertz CT molecular complexity index is 877. The van der Waals surface area contributed by atoms with E-state index in [4.69, 9.17) is 17.3 Å². The number of carbonyl (C=O) groups excluding carboxylic acids is 1. The fraction of sp³-hybridized carbons (Fsp3) is 0.235. The van der Waals surface area contributed by atoms with E-state index in [1.54, 1.807) is 6.07 Å². The molecule has 1 amide bonds. The van der Waals surface area contributed by atoms with Crippen LogP contribution >= 0.6 is 11.6 Å². The molecule has 1 aliphatic rings. The highest BCUT2D eigenvalue weighted by Gasteiger charge is 2.25. The molecule has 3 nitrogen and oxygen atoms in total. The standard InChI is InChI=1S/C17H15ClN2O/c18-13-5-1-3-11-15-12(17(19)21)4-2-6-14(15)20(16(11)13)9-10-7-8-10/h1-6,10H,7-9H2,(H2,19,21). The minimum absolute atomic E-state index is 0.397. The van der Waals surface area contributed by atoms with E-state index >= 15 is 0 Å². The van der Waals surface area contributed by atoms with E-state index in [0.717, 1.165) is 39.3 Å².